The molecule has 7 heteroatoms. The molecule has 0 aliphatic heterocycles. The zero-order valence-corrected chi connectivity index (χ0v) is 26.5. The fourth-order valence-electron chi connectivity index (χ4n) is 5.18. The molecule has 0 bridgehead atoms. The molecule has 0 spiro atoms. The molecule has 1 saturated carbocycles. The molecular weight excluding hydrogens is 520 g/mol. The quantitative estimate of drug-likeness (QED) is 0.143. The Hall–Kier alpha value is -2.12. The van der Waals surface area contributed by atoms with Crippen LogP contribution in [-0.2, 0) is 30.2 Å². The number of aryl methyl sites for hydroxylation is 1. The van der Waals surface area contributed by atoms with E-state index in [1.807, 2.05) is 12.1 Å². The molecule has 0 aromatic heterocycles. The van der Waals surface area contributed by atoms with Crippen molar-refractivity contribution in [3.63, 3.8) is 0 Å². The average molecular weight is 577 g/mol. The number of benzene rings is 1. The number of hydrogen-bond donors (Lipinski definition) is 1. The molecule has 1 fully saturated rings. The van der Waals surface area contributed by atoms with E-state index in [9.17, 15) is 14.7 Å². The Bertz CT molecular complexity index is 885. The number of esters is 2. The molecule has 0 heterocycles. The Morgan fingerprint density at radius 3 is 2.05 bits per heavy atom. The third-order valence-electron chi connectivity index (χ3n) is 8.34. The van der Waals surface area contributed by atoms with Crippen molar-refractivity contribution in [1.29, 1.82) is 0 Å². The molecule has 41 heavy (non-hydrogen) atoms. The molecule has 1 N–H and O–H groups in total. The lowest BCUT2D eigenvalue weighted by Gasteiger charge is -2.28. The van der Waals surface area contributed by atoms with Crippen LogP contribution in [0, 0.1) is 28.6 Å². The Labute approximate surface area is 248 Å². The Kier molecular flexibility index (Phi) is 15.2. The summed E-state index contributed by atoms with van der Waals surface area (Å²) in [6.07, 6.45) is 12.0. The van der Waals surface area contributed by atoms with Gasteiger partial charge in [0, 0.05) is 13.0 Å². The maximum atomic E-state index is 12.6. The Morgan fingerprint density at radius 1 is 0.902 bits per heavy atom. The zero-order valence-electron chi connectivity index (χ0n) is 26.5. The van der Waals surface area contributed by atoms with Crippen LogP contribution in [0.4, 0.5) is 0 Å². The van der Waals surface area contributed by atoms with Crippen molar-refractivity contribution in [1.82, 2.24) is 0 Å². The van der Waals surface area contributed by atoms with E-state index in [0.29, 0.717) is 12.3 Å². The van der Waals surface area contributed by atoms with Gasteiger partial charge in [0.15, 0.2) is 0 Å². The fourth-order valence-corrected chi connectivity index (χ4v) is 5.18. The minimum atomic E-state index is -0.981. The summed E-state index contributed by atoms with van der Waals surface area (Å²) < 4.78 is 22.4. The monoisotopic (exact) mass is 576 g/mol. The van der Waals surface area contributed by atoms with Gasteiger partial charge in [0.05, 0.1) is 43.9 Å². The molecule has 234 valence electrons. The summed E-state index contributed by atoms with van der Waals surface area (Å²) in [4.78, 5) is 25.0. The Balaban J connectivity index is 1.85. The van der Waals surface area contributed by atoms with Crippen molar-refractivity contribution < 1.29 is 33.6 Å². The minimum Gasteiger partial charge on any atom is -0.493 e. The van der Waals surface area contributed by atoms with Crippen LogP contribution in [0.5, 0.6) is 5.75 Å². The van der Waals surface area contributed by atoms with E-state index in [-0.39, 0.29) is 38.3 Å². The molecule has 1 aromatic carbocycles. The van der Waals surface area contributed by atoms with E-state index < -0.39 is 16.8 Å². The van der Waals surface area contributed by atoms with Crippen LogP contribution in [0.15, 0.2) is 24.3 Å². The highest BCUT2D eigenvalue weighted by atomic mass is 16.6. The van der Waals surface area contributed by atoms with E-state index in [0.717, 1.165) is 30.3 Å². The van der Waals surface area contributed by atoms with Crippen molar-refractivity contribution >= 4 is 11.9 Å². The maximum Gasteiger partial charge on any atom is 0.313 e. The second-order valence-corrected chi connectivity index (χ2v) is 13.3. The van der Waals surface area contributed by atoms with Gasteiger partial charge < -0.3 is 24.1 Å². The average Bonchev–Trinajstić information content (AvgIpc) is 2.96. The number of hydrogen-bond acceptors (Lipinski definition) is 7. The maximum absolute atomic E-state index is 12.6. The number of carbonyl (C=O) groups excluding carboxylic acids is 2. The van der Waals surface area contributed by atoms with E-state index in [2.05, 4.69) is 19.1 Å². The molecule has 1 aromatic rings. The van der Waals surface area contributed by atoms with Gasteiger partial charge in [-0.15, -0.1) is 0 Å². The fraction of sp³-hybridized carbons (Fsp3) is 0.765. The molecule has 1 atom stereocenters. The van der Waals surface area contributed by atoms with Crippen LogP contribution in [0.3, 0.4) is 0 Å². The highest BCUT2D eigenvalue weighted by molar-refractivity contribution is 5.76. The number of ether oxygens (including phenoxy) is 4. The molecule has 2 rings (SSSR count). The summed E-state index contributed by atoms with van der Waals surface area (Å²) in [5, 5.41) is 9.49. The van der Waals surface area contributed by atoms with Crippen molar-refractivity contribution in [2.45, 2.75) is 98.8 Å². The van der Waals surface area contributed by atoms with Gasteiger partial charge in [-0.3, -0.25) is 9.59 Å². The van der Waals surface area contributed by atoms with Gasteiger partial charge in [0.1, 0.15) is 5.75 Å². The first-order chi connectivity index (χ1) is 19.5. The van der Waals surface area contributed by atoms with E-state index in [4.69, 9.17) is 18.9 Å². The minimum absolute atomic E-state index is 0.113. The standard InChI is InChI=1S/C34H56O7/c1-7-8-9-10-26-11-14-28(15-12-26)21-39-30-19-17-27(18-20-30)13-16-29(22-40-31(36)33(2,3)24-35)23-41-32(37)34(4,5)25-38-6/h17-20,26,28-29,35H,7-16,21-25H2,1-6H3. The normalized spacial score (nSPS) is 18.5. The van der Waals surface area contributed by atoms with Gasteiger partial charge in [-0.25, -0.2) is 0 Å². The van der Waals surface area contributed by atoms with Crippen LogP contribution in [-0.4, -0.2) is 57.2 Å². The summed E-state index contributed by atoms with van der Waals surface area (Å²) in [7, 11) is 1.55. The lowest BCUT2D eigenvalue weighted by atomic mass is 9.80. The smallest absolute Gasteiger partial charge is 0.313 e. The summed E-state index contributed by atoms with van der Waals surface area (Å²) >= 11 is 0. The number of rotatable bonds is 19. The second-order valence-electron chi connectivity index (χ2n) is 13.3. The van der Waals surface area contributed by atoms with Crippen molar-refractivity contribution in [2.24, 2.45) is 28.6 Å². The van der Waals surface area contributed by atoms with Gasteiger partial charge in [-0.05, 0) is 82.9 Å². The molecular formula is C34H56O7. The SMILES string of the molecule is CCCCCC1CCC(COc2ccc(CCC(COC(=O)C(C)(C)CO)COC(=O)C(C)(C)COC)cc2)CC1. The van der Waals surface area contributed by atoms with Gasteiger partial charge in [0.2, 0.25) is 0 Å². The molecule has 0 radical (unpaired) electrons. The lowest BCUT2D eigenvalue weighted by molar-refractivity contribution is -0.162. The second kappa shape index (κ2) is 17.7. The molecule has 0 saturated heterocycles. The first-order valence-electron chi connectivity index (χ1n) is 15.7. The first kappa shape index (κ1) is 35.1. The summed E-state index contributed by atoms with van der Waals surface area (Å²) in [5.41, 5.74) is -0.604. The summed E-state index contributed by atoms with van der Waals surface area (Å²) in [6, 6.07) is 8.20. The number of unbranched alkanes of at least 4 members (excludes halogenated alkanes) is 2. The lowest BCUT2D eigenvalue weighted by Crippen LogP contribution is -2.34. The van der Waals surface area contributed by atoms with Gasteiger partial charge >= 0.3 is 11.9 Å². The van der Waals surface area contributed by atoms with Gasteiger partial charge in [0.25, 0.3) is 0 Å². The first-order valence-corrected chi connectivity index (χ1v) is 15.7. The van der Waals surface area contributed by atoms with Crippen LogP contribution >= 0.6 is 0 Å². The molecule has 7 nitrogen and oxygen atoms in total. The van der Waals surface area contributed by atoms with E-state index >= 15 is 0 Å². The van der Waals surface area contributed by atoms with Gasteiger partial charge in [-0.1, -0.05) is 57.6 Å². The van der Waals surface area contributed by atoms with Crippen LogP contribution in [0.25, 0.3) is 0 Å². The Morgan fingerprint density at radius 2 is 1.49 bits per heavy atom. The van der Waals surface area contributed by atoms with E-state index in [1.54, 1.807) is 34.8 Å². The van der Waals surface area contributed by atoms with Crippen molar-refractivity contribution in [3.05, 3.63) is 29.8 Å². The molecule has 0 amide bonds. The largest absolute Gasteiger partial charge is 0.493 e. The van der Waals surface area contributed by atoms with Crippen LogP contribution in [0.2, 0.25) is 0 Å². The molecule has 1 aliphatic carbocycles. The topological polar surface area (TPSA) is 91.3 Å². The summed E-state index contributed by atoms with van der Waals surface area (Å²) in [6.45, 7) is 10.1. The molecule has 1 unspecified atom stereocenters. The number of methoxy groups -OCH3 is 1. The number of aliphatic hydroxyl groups excluding tert-OH is 1. The van der Waals surface area contributed by atoms with Crippen molar-refractivity contribution in [2.75, 3.05) is 40.1 Å². The number of carbonyl (C=O) groups is 2. The third kappa shape index (κ3) is 12.7. The van der Waals surface area contributed by atoms with Gasteiger partial charge in [-0.2, -0.15) is 0 Å². The van der Waals surface area contributed by atoms with Crippen molar-refractivity contribution in [3.8, 4) is 5.75 Å². The predicted octanol–water partition coefficient (Wildman–Crippen LogP) is 6.78. The van der Waals surface area contributed by atoms with E-state index in [1.165, 1.54) is 51.4 Å². The van der Waals surface area contributed by atoms with Crippen LogP contribution in [0.1, 0.15) is 98.0 Å². The third-order valence-corrected chi connectivity index (χ3v) is 8.34. The predicted molar refractivity (Wildman–Crippen MR) is 162 cm³/mol. The zero-order chi connectivity index (χ0) is 30.3. The summed E-state index contributed by atoms with van der Waals surface area (Å²) in [5.74, 6) is 1.45. The molecule has 1 aliphatic rings. The van der Waals surface area contributed by atoms with Crippen LogP contribution < -0.4 is 4.74 Å². The highest BCUT2D eigenvalue weighted by Gasteiger charge is 2.32. The number of aliphatic hydroxyl groups is 1. The highest BCUT2D eigenvalue weighted by Crippen LogP contribution is 2.32.